The molecule has 0 saturated carbocycles. The molecule has 34 heavy (non-hydrogen) atoms. The Kier molecular flexibility index (Phi) is 7.49. The zero-order valence-corrected chi connectivity index (χ0v) is 19.8. The van der Waals surface area contributed by atoms with Gasteiger partial charge in [-0.25, -0.2) is 13.1 Å². The molecule has 1 aliphatic heterocycles. The summed E-state index contributed by atoms with van der Waals surface area (Å²) in [4.78, 5) is 14.5. The molecule has 7 nitrogen and oxygen atoms in total. The number of aryl methyl sites for hydroxylation is 1. The molecular formula is C26H28N2O5S. The summed E-state index contributed by atoms with van der Waals surface area (Å²) in [5, 5.41) is 0. The molecule has 0 aliphatic carbocycles. The molecule has 3 aromatic carbocycles. The molecule has 0 atom stereocenters. The lowest BCUT2D eigenvalue weighted by atomic mass is 10.1. The molecule has 0 bridgehead atoms. The Morgan fingerprint density at radius 3 is 2.06 bits per heavy atom. The topological polar surface area (TPSA) is 84.9 Å². The largest absolute Gasteiger partial charge is 0.484 e. The van der Waals surface area contributed by atoms with E-state index in [1.54, 1.807) is 59.5 Å². The zero-order chi connectivity index (χ0) is 24.0. The molecule has 1 saturated heterocycles. The number of amides is 1. The lowest BCUT2D eigenvalue weighted by Gasteiger charge is -2.32. The van der Waals surface area contributed by atoms with Crippen LogP contribution in [0.2, 0.25) is 0 Å². The number of nitrogens with zero attached hydrogens (tertiary/aromatic N) is 1. The van der Waals surface area contributed by atoms with E-state index in [2.05, 4.69) is 4.72 Å². The van der Waals surface area contributed by atoms with E-state index in [9.17, 15) is 13.2 Å². The number of piperidine rings is 1. The van der Waals surface area contributed by atoms with E-state index in [1.807, 2.05) is 31.2 Å². The van der Waals surface area contributed by atoms with Gasteiger partial charge in [-0.3, -0.25) is 4.79 Å². The maximum Gasteiger partial charge on any atom is 0.260 e. The number of sulfonamides is 1. The molecule has 1 N–H and O–H groups in total. The fourth-order valence-electron chi connectivity index (χ4n) is 3.72. The molecular weight excluding hydrogens is 452 g/mol. The molecule has 1 amide bonds. The molecule has 0 spiro atoms. The first-order valence-electron chi connectivity index (χ1n) is 11.2. The summed E-state index contributed by atoms with van der Waals surface area (Å²) in [5.74, 6) is 1.89. The van der Waals surface area contributed by atoms with E-state index in [4.69, 9.17) is 9.47 Å². The predicted octanol–water partition coefficient (Wildman–Crippen LogP) is 4.14. The minimum atomic E-state index is -3.56. The molecule has 4 rings (SSSR count). The van der Waals surface area contributed by atoms with Crippen molar-refractivity contribution in [2.75, 3.05) is 19.7 Å². The Morgan fingerprint density at radius 1 is 0.882 bits per heavy atom. The van der Waals surface area contributed by atoms with Gasteiger partial charge < -0.3 is 14.4 Å². The van der Waals surface area contributed by atoms with Gasteiger partial charge in [0.25, 0.3) is 5.91 Å². The number of rotatable bonds is 8. The highest BCUT2D eigenvalue weighted by molar-refractivity contribution is 7.89. The van der Waals surface area contributed by atoms with Crippen LogP contribution in [0.1, 0.15) is 18.4 Å². The Balaban J connectivity index is 1.21. The second-order valence-corrected chi connectivity index (χ2v) is 9.98. The second kappa shape index (κ2) is 10.7. The van der Waals surface area contributed by atoms with Gasteiger partial charge >= 0.3 is 0 Å². The van der Waals surface area contributed by atoms with Gasteiger partial charge in [-0.05, 0) is 68.3 Å². The SMILES string of the molecule is Cc1ccc(Oc2ccc(OCC(=O)N3CCC(NS(=O)(=O)c4ccccc4)CC3)cc2)cc1. The van der Waals surface area contributed by atoms with E-state index in [0.29, 0.717) is 37.4 Å². The van der Waals surface area contributed by atoms with Crippen molar-refractivity contribution in [3.63, 3.8) is 0 Å². The number of likely N-dealkylation sites (tertiary alicyclic amines) is 1. The van der Waals surface area contributed by atoms with Crippen molar-refractivity contribution in [3.05, 3.63) is 84.4 Å². The monoisotopic (exact) mass is 480 g/mol. The van der Waals surface area contributed by atoms with E-state index in [1.165, 1.54) is 5.56 Å². The third kappa shape index (κ3) is 6.36. The van der Waals surface area contributed by atoms with Gasteiger partial charge in [0.2, 0.25) is 10.0 Å². The number of carbonyl (C=O) groups excluding carboxylic acids is 1. The first kappa shape index (κ1) is 23.8. The Bertz CT molecular complexity index is 1190. The molecule has 1 fully saturated rings. The molecule has 0 radical (unpaired) electrons. The predicted molar refractivity (Wildman–Crippen MR) is 130 cm³/mol. The first-order chi connectivity index (χ1) is 16.4. The van der Waals surface area contributed by atoms with Crippen LogP contribution in [0.15, 0.2) is 83.8 Å². The summed E-state index contributed by atoms with van der Waals surface area (Å²) in [7, 11) is -3.56. The quantitative estimate of drug-likeness (QED) is 0.524. The Morgan fingerprint density at radius 2 is 1.44 bits per heavy atom. The normalized spacial score (nSPS) is 14.6. The molecule has 1 aliphatic rings. The van der Waals surface area contributed by atoms with Crippen LogP contribution in [-0.4, -0.2) is 45.0 Å². The number of nitrogens with one attached hydrogen (secondary N) is 1. The molecule has 8 heteroatoms. The summed E-state index contributed by atoms with van der Waals surface area (Å²) >= 11 is 0. The van der Waals surface area contributed by atoms with Crippen molar-refractivity contribution in [2.45, 2.75) is 30.7 Å². The Labute approximate surface area is 200 Å². The van der Waals surface area contributed by atoms with Gasteiger partial charge in [-0.15, -0.1) is 0 Å². The summed E-state index contributed by atoms with van der Waals surface area (Å²) in [6.45, 7) is 2.91. The lowest BCUT2D eigenvalue weighted by Crippen LogP contribution is -2.47. The highest BCUT2D eigenvalue weighted by atomic mass is 32.2. The highest BCUT2D eigenvalue weighted by Crippen LogP contribution is 2.24. The third-order valence-corrected chi connectivity index (χ3v) is 7.20. The first-order valence-corrected chi connectivity index (χ1v) is 12.7. The van der Waals surface area contributed by atoms with Crippen molar-refractivity contribution in [3.8, 4) is 17.2 Å². The van der Waals surface area contributed by atoms with Crippen LogP contribution in [0.3, 0.4) is 0 Å². The summed E-state index contributed by atoms with van der Waals surface area (Å²) in [6, 6.07) is 23.0. The van der Waals surface area contributed by atoms with Gasteiger partial charge in [0.15, 0.2) is 6.61 Å². The average molecular weight is 481 g/mol. The van der Waals surface area contributed by atoms with Crippen LogP contribution in [0.25, 0.3) is 0 Å². The van der Waals surface area contributed by atoms with Crippen molar-refractivity contribution in [1.29, 1.82) is 0 Å². The molecule has 1 heterocycles. The number of carbonyl (C=O) groups is 1. The van der Waals surface area contributed by atoms with E-state index in [0.717, 1.165) is 5.75 Å². The van der Waals surface area contributed by atoms with Crippen LogP contribution in [0, 0.1) is 6.92 Å². The number of benzene rings is 3. The molecule has 178 valence electrons. The third-order valence-electron chi connectivity index (χ3n) is 5.67. The van der Waals surface area contributed by atoms with Gasteiger partial charge in [0, 0.05) is 19.1 Å². The second-order valence-electron chi connectivity index (χ2n) is 8.26. The van der Waals surface area contributed by atoms with Crippen LogP contribution >= 0.6 is 0 Å². The van der Waals surface area contributed by atoms with Crippen LogP contribution in [0.4, 0.5) is 0 Å². The maximum absolute atomic E-state index is 12.6. The summed E-state index contributed by atoms with van der Waals surface area (Å²) in [6.07, 6.45) is 1.12. The molecule has 0 unspecified atom stereocenters. The maximum atomic E-state index is 12.6. The molecule has 0 aromatic heterocycles. The minimum Gasteiger partial charge on any atom is -0.484 e. The standard InChI is InChI=1S/C26H28N2O5S/c1-20-7-9-23(10-8-20)33-24-13-11-22(12-14-24)32-19-26(29)28-17-15-21(16-18-28)27-34(30,31)25-5-3-2-4-6-25/h2-14,21,27H,15-19H2,1H3. The smallest absolute Gasteiger partial charge is 0.260 e. The zero-order valence-electron chi connectivity index (χ0n) is 19.0. The van der Waals surface area contributed by atoms with Crippen molar-refractivity contribution in [2.24, 2.45) is 0 Å². The van der Waals surface area contributed by atoms with E-state index >= 15 is 0 Å². The van der Waals surface area contributed by atoms with Crippen molar-refractivity contribution >= 4 is 15.9 Å². The summed E-state index contributed by atoms with van der Waals surface area (Å²) in [5.41, 5.74) is 1.17. The average Bonchev–Trinajstić information content (AvgIpc) is 2.85. The highest BCUT2D eigenvalue weighted by Gasteiger charge is 2.26. The van der Waals surface area contributed by atoms with Gasteiger partial charge in [-0.1, -0.05) is 35.9 Å². The minimum absolute atomic E-state index is 0.0709. The van der Waals surface area contributed by atoms with Gasteiger partial charge in [-0.2, -0.15) is 0 Å². The van der Waals surface area contributed by atoms with Crippen LogP contribution in [-0.2, 0) is 14.8 Å². The fourth-order valence-corrected chi connectivity index (χ4v) is 5.04. The van der Waals surface area contributed by atoms with E-state index < -0.39 is 10.0 Å². The lowest BCUT2D eigenvalue weighted by molar-refractivity contribution is -0.134. The van der Waals surface area contributed by atoms with Gasteiger partial charge in [0.1, 0.15) is 17.2 Å². The number of ether oxygens (including phenoxy) is 2. The fraction of sp³-hybridized carbons (Fsp3) is 0.269. The molecule has 3 aromatic rings. The van der Waals surface area contributed by atoms with Crippen molar-refractivity contribution in [1.82, 2.24) is 9.62 Å². The van der Waals surface area contributed by atoms with Crippen LogP contribution < -0.4 is 14.2 Å². The van der Waals surface area contributed by atoms with Crippen molar-refractivity contribution < 1.29 is 22.7 Å². The number of hydrogen-bond donors (Lipinski definition) is 1. The summed E-state index contributed by atoms with van der Waals surface area (Å²) < 4.78 is 39.2. The van der Waals surface area contributed by atoms with E-state index in [-0.39, 0.29) is 23.5 Å². The Hall–Kier alpha value is -3.36. The van der Waals surface area contributed by atoms with Gasteiger partial charge in [0.05, 0.1) is 4.90 Å². The number of hydrogen-bond acceptors (Lipinski definition) is 5. The van der Waals surface area contributed by atoms with Crippen LogP contribution in [0.5, 0.6) is 17.2 Å².